The van der Waals surface area contributed by atoms with Crippen molar-refractivity contribution in [1.29, 1.82) is 0 Å². The van der Waals surface area contributed by atoms with Crippen LogP contribution >= 0.6 is 22.9 Å². The average molecular weight is 509 g/mol. The van der Waals surface area contributed by atoms with Gasteiger partial charge < -0.3 is 4.90 Å². The molecule has 3 heterocycles. The first-order valence-electron chi connectivity index (χ1n) is 10.6. The van der Waals surface area contributed by atoms with Crippen LogP contribution in [0.15, 0.2) is 40.3 Å². The number of benzene rings is 1. The van der Waals surface area contributed by atoms with E-state index >= 15 is 0 Å². The third-order valence-electron chi connectivity index (χ3n) is 6.03. The minimum Gasteiger partial charge on any atom is -0.314 e. The maximum Gasteiger partial charge on any atom is 0.263 e. The number of hydrogen-bond acceptors (Lipinski definition) is 6. The summed E-state index contributed by atoms with van der Waals surface area (Å²) in [6.07, 6.45) is 2.87. The molecule has 11 heteroatoms. The molecule has 1 amide bonds. The highest BCUT2D eigenvalue weighted by atomic mass is 35.5. The maximum absolute atomic E-state index is 13.5. The summed E-state index contributed by atoms with van der Waals surface area (Å²) >= 11 is 7.09. The van der Waals surface area contributed by atoms with Gasteiger partial charge >= 0.3 is 0 Å². The van der Waals surface area contributed by atoms with Gasteiger partial charge in [-0.25, -0.2) is 13.4 Å². The number of fused-ring (bicyclic) bond motifs is 1. The smallest absolute Gasteiger partial charge is 0.263 e. The van der Waals surface area contributed by atoms with Crippen molar-refractivity contribution in [2.75, 3.05) is 25.0 Å². The zero-order valence-electron chi connectivity index (χ0n) is 18.6. The fraction of sp³-hybridized carbons (Fsp3) is 0.409. The van der Waals surface area contributed by atoms with Crippen LogP contribution in [-0.4, -0.2) is 48.3 Å². The Balaban J connectivity index is 1.69. The molecule has 0 saturated carbocycles. The predicted octanol–water partition coefficient (Wildman–Crippen LogP) is 3.50. The van der Waals surface area contributed by atoms with Gasteiger partial charge in [-0.3, -0.25) is 14.2 Å². The molecule has 0 spiro atoms. The summed E-state index contributed by atoms with van der Waals surface area (Å²) in [6.45, 7) is 4.39. The molecule has 0 radical (unpaired) electrons. The Labute approximate surface area is 201 Å². The average Bonchev–Trinajstić information content (AvgIpc) is 3.13. The number of anilines is 1. The summed E-state index contributed by atoms with van der Waals surface area (Å²) in [5.74, 6) is 0.126. The van der Waals surface area contributed by atoms with E-state index in [1.807, 2.05) is 0 Å². The van der Waals surface area contributed by atoms with Crippen LogP contribution in [0.3, 0.4) is 0 Å². The van der Waals surface area contributed by atoms with Crippen LogP contribution in [0.2, 0.25) is 5.02 Å². The molecular weight excluding hydrogens is 484 g/mol. The molecule has 3 aromatic rings. The largest absolute Gasteiger partial charge is 0.314 e. The number of likely N-dealkylation sites (N-methyl/N-ethyl adjacent to an activating group) is 1. The Hall–Kier alpha value is -2.27. The molecule has 1 aliphatic rings. The topological polar surface area (TPSA) is 92.6 Å². The van der Waals surface area contributed by atoms with Gasteiger partial charge in [-0.05, 0) is 49.9 Å². The fourth-order valence-electron chi connectivity index (χ4n) is 3.95. The van der Waals surface area contributed by atoms with Crippen LogP contribution in [0.25, 0.3) is 10.2 Å². The molecule has 1 aliphatic heterocycles. The van der Waals surface area contributed by atoms with E-state index in [1.165, 1.54) is 31.4 Å². The molecule has 1 aromatic carbocycles. The van der Waals surface area contributed by atoms with Crippen molar-refractivity contribution in [1.82, 2.24) is 13.9 Å². The van der Waals surface area contributed by atoms with E-state index in [0.29, 0.717) is 39.4 Å². The summed E-state index contributed by atoms with van der Waals surface area (Å²) in [4.78, 5) is 32.8. The minimum atomic E-state index is -3.85. The Morgan fingerprint density at radius 2 is 1.88 bits per heavy atom. The number of hydrogen-bond donors (Lipinski definition) is 0. The van der Waals surface area contributed by atoms with Crippen molar-refractivity contribution in [3.8, 4) is 0 Å². The molecule has 1 saturated heterocycles. The van der Waals surface area contributed by atoms with Crippen molar-refractivity contribution in [2.45, 2.75) is 38.1 Å². The lowest BCUT2D eigenvalue weighted by Crippen LogP contribution is -2.38. The van der Waals surface area contributed by atoms with E-state index in [4.69, 9.17) is 11.6 Å². The number of thiophene rings is 1. The molecule has 0 unspecified atom stereocenters. The van der Waals surface area contributed by atoms with Crippen LogP contribution in [0.5, 0.6) is 0 Å². The molecule has 1 fully saturated rings. The Morgan fingerprint density at radius 1 is 1.24 bits per heavy atom. The summed E-state index contributed by atoms with van der Waals surface area (Å²) in [6, 6.07) is 6.76. The van der Waals surface area contributed by atoms with E-state index in [0.717, 1.165) is 12.8 Å². The highest BCUT2D eigenvalue weighted by molar-refractivity contribution is 7.89. The van der Waals surface area contributed by atoms with E-state index < -0.39 is 15.6 Å². The standard InChI is InChI=1S/C22H25ClN4O4S2/c1-14-8-10-27(11-9-14)33(30,31)20-15(2)32-21-19(20)22(29)26(13-24-21)12-18(28)25(3)17-6-4-16(23)5-7-17/h4-7,13-14H,8-12H2,1-3H3. The Morgan fingerprint density at radius 3 is 2.52 bits per heavy atom. The molecule has 4 rings (SSSR count). The first kappa shape index (κ1) is 23.9. The number of piperidine rings is 1. The van der Waals surface area contributed by atoms with Gasteiger partial charge in [-0.1, -0.05) is 18.5 Å². The van der Waals surface area contributed by atoms with Crippen LogP contribution in [-0.2, 0) is 21.4 Å². The van der Waals surface area contributed by atoms with E-state index in [2.05, 4.69) is 11.9 Å². The van der Waals surface area contributed by atoms with Gasteiger partial charge in [-0.2, -0.15) is 4.31 Å². The molecule has 176 valence electrons. The van der Waals surface area contributed by atoms with Gasteiger partial charge in [0.1, 0.15) is 16.3 Å². The molecule has 33 heavy (non-hydrogen) atoms. The van der Waals surface area contributed by atoms with Crippen LogP contribution < -0.4 is 10.5 Å². The van der Waals surface area contributed by atoms with Gasteiger partial charge in [0.15, 0.2) is 0 Å². The number of aryl methyl sites for hydroxylation is 1. The van der Waals surface area contributed by atoms with Crippen LogP contribution in [0.4, 0.5) is 5.69 Å². The van der Waals surface area contributed by atoms with Crippen LogP contribution in [0, 0.1) is 12.8 Å². The third-order valence-corrected chi connectivity index (χ3v) is 9.50. The predicted molar refractivity (Wildman–Crippen MR) is 131 cm³/mol. The zero-order chi connectivity index (χ0) is 23.9. The number of halogens is 1. The van der Waals surface area contributed by atoms with Crippen LogP contribution in [0.1, 0.15) is 24.6 Å². The SMILES string of the molecule is Cc1sc2ncn(CC(=O)N(C)c3ccc(Cl)cc3)c(=O)c2c1S(=O)(=O)N1CCC(C)CC1. The van der Waals surface area contributed by atoms with Crippen molar-refractivity contribution < 1.29 is 13.2 Å². The van der Waals surface area contributed by atoms with Gasteiger partial charge in [0, 0.05) is 35.7 Å². The van der Waals surface area contributed by atoms with Crippen molar-refractivity contribution in [2.24, 2.45) is 5.92 Å². The van der Waals surface area contributed by atoms with Gasteiger partial charge in [0.2, 0.25) is 15.9 Å². The summed E-state index contributed by atoms with van der Waals surface area (Å²) in [5, 5.41) is 0.607. The zero-order valence-corrected chi connectivity index (χ0v) is 21.0. The lowest BCUT2D eigenvalue weighted by Gasteiger charge is -2.29. The van der Waals surface area contributed by atoms with E-state index in [9.17, 15) is 18.0 Å². The minimum absolute atomic E-state index is 0.0161. The lowest BCUT2D eigenvalue weighted by atomic mass is 10.0. The molecule has 0 N–H and O–H groups in total. The van der Waals surface area contributed by atoms with Gasteiger partial charge in [0.05, 0.1) is 11.7 Å². The molecule has 0 atom stereocenters. The van der Waals surface area contributed by atoms with E-state index in [-0.39, 0.29) is 22.7 Å². The molecule has 0 aliphatic carbocycles. The first-order chi connectivity index (χ1) is 15.6. The van der Waals surface area contributed by atoms with E-state index in [1.54, 1.807) is 38.2 Å². The maximum atomic E-state index is 13.5. The number of carbonyl (C=O) groups is 1. The number of carbonyl (C=O) groups excluding carboxylic acids is 1. The number of rotatable bonds is 5. The number of sulfonamides is 1. The lowest BCUT2D eigenvalue weighted by molar-refractivity contribution is -0.118. The third kappa shape index (κ3) is 4.57. The number of amides is 1. The van der Waals surface area contributed by atoms with Crippen molar-refractivity contribution in [3.05, 3.63) is 50.8 Å². The Bertz CT molecular complexity index is 1360. The fourth-order valence-corrected chi connectivity index (χ4v) is 7.21. The highest BCUT2D eigenvalue weighted by Gasteiger charge is 2.33. The quantitative estimate of drug-likeness (QED) is 0.526. The second-order valence-electron chi connectivity index (χ2n) is 8.36. The molecule has 2 aromatic heterocycles. The molecule has 8 nitrogen and oxygen atoms in total. The second kappa shape index (κ2) is 9.17. The van der Waals surface area contributed by atoms with Crippen molar-refractivity contribution in [3.63, 3.8) is 0 Å². The normalized spacial score (nSPS) is 15.8. The highest BCUT2D eigenvalue weighted by Crippen LogP contribution is 2.34. The summed E-state index contributed by atoms with van der Waals surface area (Å²) in [5.41, 5.74) is 0.0895. The van der Waals surface area contributed by atoms with Gasteiger partial charge in [0.25, 0.3) is 5.56 Å². The van der Waals surface area contributed by atoms with Crippen molar-refractivity contribution >= 4 is 54.8 Å². The summed E-state index contributed by atoms with van der Waals surface area (Å²) < 4.78 is 29.6. The Kier molecular flexibility index (Phi) is 6.63. The monoisotopic (exact) mass is 508 g/mol. The second-order valence-corrected chi connectivity index (χ2v) is 11.9. The summed E-state index contributed by atoms with van der Waals surface area (Å²) in [7, 11) is -2.25. The first-order valence-corrected chi connectivity index (χ1v) is 13.2. The molecule has 0 bridgehead atoms. The number of aromatic nitrogens is 2. The van der Waals surface area contributed by atoms with Gasteiger partial charge in [-0.15, -0.1) is 11.3 Å². The molecular formula is C22H25ClN4O4S2. The number of nitrogens with zero attached hydrogens (tertiary/aromatic N) is 4.